The van der Waals surface area contributed by atoms with Crippen LogP contribution in [0.25, 0.3) is 22.5 Å². The van der Waals surface area contributed by atoms with Crippen molar-refractivity contribution >= 4 is 0 Å². The fourth-order valence-corrected chi connectivity index (χ4v) is 3.27. The summed E-state index contributed by atoms with van der Waals surface area (Å²) in [6.07, 6.45) is -2.24. The molecule has 4 aromatic rings. The second kappa shape index (κ2) is 8.11. The third kappa shape index (κ3) is 4.64. The van der Waals surface area contributed by atoms with Crippen LogP contribution in [-0.4, -0.2) is 0 Å². The van der Waals surface area contributed by atoms with E-state index in [1.807, 2.05) is 0 Å². The Kier molecular flexibility index (Phi) is 5.46. The van der Waals surface area contributed by atoms with E-state index < -0.39 is 23.5 Å². The first kappa shape index (κ1) is 21.5. The number of alkyl halides is 6. The average molecular weight is 446 g/mol. The van der Waals surface area contributed by atoms with Gasteiger partial charge in [-0.15, -0.1) is 0 Å². The third-order valence-corrected chi connectivity index (χ3v) is 4.94. The zero-order valence-corrected chi connectivity index (χ0v) is 16.4. The van der Waals surface area contributed by atoms with E-state index >= 15 is 0 Å². The highest BCUT2D eigenvalue weighted by molar-refractivity contribution is 5.61. The van der Waals surface area contributed by atoms with Crippen LogP contribution >= 0.6 is 0 Å². The molecule has 32 heavy (non-hydrogen) atoms. The van der Waals surface area contributed by atoms with Crippen molar-refractivity contribution in [1.82, 2.24) is 0 Å². The van der Waals surface area contributed by atoms with Gasteiger partial charge in [-0.1, -0.05) is 12.1 Å². The first-order valence-electron chi connectivity index (χ1n) is 9.49. The maximum absolute atomic E-state index is 12.9. The minimum absolute atomic E-state index is 0.377. The highest BCUT2D eigenvalue weighted by Crippen LogP contribution is 2.30. The van der Waals surface area contributed by atoms with E-state index in [9.17, 15) is 26.3 Å². The number of aromatic nitrogens is 2. The first-order chi connectivity index (χ1) is 15.1. The molecule has 2 aromatic carbocycles. The maximum Gasteiger partial charge on any atom is 0.416 e. The van der Waals surface area contributed by atoms with Crippen LogP contribution in [0, 0.1) is 0 Å². The lowest BCUT2D eigenvalue weighted by Crippen LogP contribution is -2.30. The molecule has 0 atom stereocenters. The highest BCUT2D eigenvalue weighted by Gasteiger charge is 2.32. The van der Waals surface area contributed by atoms with Crippen molar-refractivity contribution in [3.05, 3.63) is 109 Å². The summed E-state index contributed by atoms with van der Waals surface area (Å²) in [5.41, 5.74) is 0.917. The molecule has 0 unspecified atom stereocenters. The summed E-state index contributed by atoms with van der Waals surface area (Å²) in [4.78, 5) is 0. The van der Waals surface area contributed by atoms with E-state index in [0.717, 1.165) is 35.4 Å². The van der Waals surface area contributed by atoms with Crippen LogP contribution in [-0.2, 0) is 12.4 Å². The molecule has 0 spiro atoms. The molecule has 0 fully saturated rings. The molecule has 0 amide bonds. The fourth-order valence-electron chi connectivity index (χ4n) is 3.27. The van der Waals surface area contributed by atoms with Crippen LogP contribution in [0.4, 0.5) is 26.3 Å². The largest absolute Gasteiger partial charge is 0.416 e. The lowest BCUT2D eigenvalue weighted by molar-refractivity contribution is -0.596. The van der Waals surface area contributed by atoms with Crippen molar-refractivity contribution in [2.45, 2.75) is 12.4 Å². The van der Waals surface area contributed by atoms with Crippen LogP contribution in [0.3, 0.4) is 0 Å². The van der Waals surface area contributed by atoms with E-state index in [-0.39, 0.29) is 0 Å². The molecule has 2 heterocycles. The number of halogens is 6. The maximum atomic E-state index is 12.9. The van der Waals surface area contributed by atoms with Gasteiger partial charge in [-0.3, -0.25) is 0 Å². The Balaban J connectivity index is 1.57. The summed E-state index contributed by atoms with van der Waals surface area (Å²) < 4.78 is 80.8. The Hall–Kier alpha value is -3.68. The standard InChI is InChI=1S/C24H16F6N2/c25-23(26,27)19-3-1-5-21(15-19)31-11-7-17(8-12-31)18-9-13-32(14-10-18)22-6-2-4-20(16-22)24(28,29)30/h1-16H/q+2. The Labute approximate surface area is 179 Å². The summed E-state index contributed by atoms with van der Waals surface area (Å²) in [5.74, 6) is 0. The molecular weight excluding hydrogens is 430 g/mol. The molecule has 0 aliphatic rings. The monoisotopic (exact) mass is 446 g/mol. The zero-order chi connectivity index (χ0) is 22.9. The number of nitrogens with zero attached hydrogens (tertiary/aromatic N) is 2. The van der Waals surface area contributed by atoms with E-state index in [1.54, 1.807) is 70.3 Å². The molecule has 0 saturated carbocycles. The second-order valence-corrected chi connectivity index (χ2v) is 7.08. The number of pyridine rings is 2. The topological polar surface area (TPSA) is 7.76 Å². The minimum Gasteiger partial charge on any atom is -0.167 e. The quantitative estimate of drug-likeness (QED) is 0.272. The van der Waals surface area contributed by atoms with E-state index in [1.165, 1.54) is 12.1 Å². The molecule has 0 aliphatic carbocycles. The second-order valence-electron chi connectivity index (χ2n) is 7.08. The Morgan fingerprint density at radius 2 is 0.812 bits per heavy atom. The van der Waals surface area contributed by atoms with Gasteiger partial charge in [-0.25, -0.2) is 0 Å². The average Bonchev–Trinajstić information content (AvgIpc) is 2.78. The normalized spacial score (nSPS) is 12.1. The smallest absolute Gasteiger partial charge is 0.167 e. The van der Waals surface area contributed by atoms with Crippen LogP contribution in [0.1, 0.15) is 11.1 Å². The summed E-state index contributed by atoms with van der Waals surface area (Å²) in [7, 11) is 0. The van der Waals surface area contributed by atoms with Crippen molar-refractivity contribution in [3.63, 3.8) is 0 Å². The predicted octanol–water partition coefficient (Wildman–Crippen LogP) is 5.94. The van der Waals surface area contributed by atoms with Gasteiger partial charge in [0.25, 0.3) is 0 Å². The van der Waals surface area contributed by atoms with Crippen LogP contribution in [0.15, 0.2) is 97.6 Å². The zero-order valence-electron chi connectivity index (χ0n) is 16.4. The van der Waals surface area contributed by atoms with E-state index in [4.69, 9.17) is 0 Å². The van der Waals surface area contributed by atoms with Gasteiger partial charge in [0, 0.05) is 48.5 Å². The molecule has 8 heteroatoms. The molecule has 0 aliphatic heterocycles. The van der Waals surface area contributed by atoms with E-state index in [0.29, 0.717) is 11.4 Å². The molecule has 0 saturated heterocycles. The Bertz CT molecular complexity index is 1130. The lowest BCUT2D eigenvalue weighted by Gasteiger charge is -2.07. The summed E-state index contributed by atoms with van der Waals surface area (Å²) >= 11 is 0. The molecule has 162 valence electrons. The molecule has 2 nitrogen and oxygen atoms in total. The number of hydrogen-bond acceptors (Lipinski definition) is 0. The lowest BCUT2D eigenvalue weighted by atomic mass is 10.1. The van der Waals surface area contributed by atoms with Gasteiger partial charge in [-0.05, 0) is 23.3 Å². The minimum atomic E-state index is -4.42. The van der Waals surface area contributed by atoms with E-state index in [2.05, 4.69) is 0 Å². The molecule has 0 N–H and O–H groups in total. The molecule has 0 bridgehead atoms. The van der Waals surface area contributed by atoms with Gasteiger partial charge in [0.05, 0.1) is 11.1 Å². The van der Waals surface area contributed by atoms with Crippen molar-refractivity contribution < 1.29 is 35.5 Å². The highest BCUT2D eigenvalue weighted by atomic mass is 19.4. The van der Waals surface area contributed by atoms with Crippen molar-refractivity contribution in [3.8, 4) is 22.5 Å². The van der Waals surface area contributed by atoms with Crippen LogP contribution in [0.2, 0.25) is 0 Å². The first-order valence-corrected chi connectivity index (χ1v) is 9.49. The predicted molar refractivity (Wildman–Crippen MR) is 105 cm³/mol. The van der Waals surface area contributed by atoms with Crippen molar-refractivity contribution in [1.29, 1.82) is 0 Å². The number of rotatable bonds is 3. The summed E-state index contributed by atoms with van der Waals surface area (Å²) in [5, 5.41) is 0. The summed E-state index contributed by atoms with van der Waals surface area (Å²) in [6, 6.07) is 17.0. The third-order valence-electron chi connectivity index (χ3n) is 4.94. The van der Waals surface area contributed by atoms with Gasteiger partial charge in [0.15, 0.2) is 24.8 Å². The molecule has 2 aromatic heterocycles. The number of benzene rings is 2. The SMILES string of the molecule is FC(F)(F)c1cccc(-[n+]2ccc(-c3cc[n+](-c4cccc(C(F)(F)F)c4)cc3)cc2)c1. The van der Waals surface area contributed by atoms with Gasteiger partial charge >= 0.3 is 12.4 Å². The van der Waals surface area contributed by atoms with Gasteiger partial charge in [0.2, 0.25) is 11.4 Å². The summed E-state index contributed by atoms with van der Waals surface area (Å²) in [6.45, 7) is 0. The van der Waals surface area contributed by atoms with Crippen LogP contribution < -0.4 is 9.13 Å². The number of hydrogen-bond donors (Lipinski definition) is 0. The fraction of sp³-hybridized carbons (Fsp3) is 0.0833. The van der Waals surface area contributed by atoms with Crippen LogP contribution in [0.5, 0.6) is 0 Å². The van der Waals surface area contributed by atoms with Crippen molar-refractivity contribution in [2.75, 3.05) is 0 Å². The molecule has 0 radical (unpaired) electrons. The van der Waals surface area contributed by atoms with Gasteiger partial charge in [-0.2, -0.15) is 35.5 Å². The Morgan fingerprint density at radius 1 is 0.469 bits per heavy atom. The van der Waals surface area contributed by atoms with Crippen molar-refractivity contribution in [2.24, 2.45) is 0 Å². The Morgan fingerprint density at radius 3 is 1.12 bits per heavy atom. The van der Waals surface area contributed by atoms with Gasteiger partial charge < -0.3 is 0 Å². The van der Waals surface area contributed by atoms with Gasteiger partial charge in [0.1, 0.15) is 0 Å². The molecule has 4 rings (SSSR count). The molecular formula is C24H16F6N2+2.